The molecule has 1 saturated carbocycles. The molecule has 2 fully saturated rings. The second-order valence-corrected chi connectivity index (χ2v) is 8.64. The number of methoxy groups -OCH3 is 1. The lowest BCUT2D eigenvalue weighted by atomic mass is 9.78. The van der Waals surface area contributed by atoms with Crippen LogP contribution in [-0.4, -0.2) is 51.0 Å². The molecule has 0 radical (unpaired) electrons. The SMILES string of the molecule is COc1ccccc1-c1nnc(SCC(=O)N2CCC[C@H]3CCCC[C@@H]32)n1C. The minimum atomic E-state index is 0.239. The van der Waals surface area contributed by atoms with E-state index in [0.717, 1.165) is 35.3 Å². The van der Waals surface area contributed by atoms with E-state index in [1.807, 2.05) is 35.9 Å². The van der Waals surface area contributed by atoms with Gasteiger partial charge in [-0.2, -0.15) is 0 Å². The van der Waals surface area contributed by atoms with Crippen LogP contribution in [0.5, 0.6) is 5.75 Å². The van der Waals surface area contributed by atoms with Crippen molar-refractivity contribution in [1.82, 2.24) is 19.7 Å². The maximum Gasteiger partial charge on any atom is 0.233 e. The van der Waals surface area contributed by atoms with Crippen molar-refractivity contribution in [2.75, 3.05) is 19.4 Å². The van der Waals surface area contributed by atoms with Crippen LogP contribution in [0, 0.1) is 5.92 Å². The minimum absolute atomic E-state index is 0.239. The molecule has 0 spiro atoms. The van der Waals surface area contributed by atoms with Crippen molar-refractivity contribution in [2.24, 2.45) is 13.0 Å². The Hall–Kier alpha value is -2.02. The van der Waals surface area contributed by atoms with Crippen molar-refractivity contribution in [3.05, 3.63) is 24.3 Å². The lowest BCUT2D eigenvalue weighted by molar-refractivity contribution is -0.134. The summed E-state index contributed by atoms with van der Waals surface area (Å²) in [6.07, 6.45) is 7.45. The Kier molecular flexibility index (Phi) is 5.90. The largest absolute Gasteiger partial charge is 0.496 e. The van der Waals surface area contributed by atoms with Crippen LogP contribution in [-0.2, 0) is 11.8 Å². The molecule has 1 saturated heterocycles. The number of rotatable bonds is 5. The molecule has 150 valence electrons. The lowest BCUT2D eigenvalue weighted by Gasteiger charge is -2.44. The van der Waals surface area contributed by atoms with E-state index < -0.39 is 0 Å². The van der Waals surface area contributed by atoms with Gasteiger partial charge in [0, 0.05) is 19.6 Å². The van der Waals surface area contributed by atoms with E-state index in [1.165, 1.54) is 43.9 Å². The number of hydrogen-bond donors (Lipinski definition) is 0. The van der Waals surface area contributed by atoms with Crippen molar-refractivity contribution in [3.63, 3.8) is 0 Å². The molecule has 1 aromatic heterocycles. The van der Waals surface area contributed by atoms with E-state index in [0.29, 0.717) is 17.7 Å². The van der Waals surface area contributed by atoms with Gasteiger partial charge in [-0.05, 0) is 43.7 Å². The highest BCUT2D eigenvalue weighted by atomic mass is 32.2. The molecule has 1 aliphatic heterocycles. The van der Waals surface area contributed by atoms with Gasteiger partial charge in [0.05, 0.1) is 18.4 Å². The maximum atomic E-state index is 12.9. The first-order valence-electron chi connectivity index (χ1n) is 10.1. The van der Waals surface area contributed by atoms with E-state index in [2.05, 4.69) is 15.1 Å². The number of piperidine rings is 1. The number of aromatic nitrogens is 3. The number of amides is 1. The zero-order valence-electron chi connectivity index (χ0n) is 16.6. The summed E-state index contributed by atoms with van der Waals surface area (Å²) in [6.45, 7) is 0.909. The van der Waals surface area contributed by atoms with Crippen molar-refractivity contribution in [1.29, 1.82) is 0 Å². The summed E-state index contributed by atoms with van der Waals surface area (Å²) in [5, 5.41) is 9.41. The Labute approximate surface area is 170 Å². The van der Waals surface area contributed by atoms with Crippen molar-refractivity contribution < 1.29 is 9.53 Å². The topological polar surface area (TPSA) is 60.3 Å². The van der Waals surface area contributed by atoms with E-state index in [9.17, 15) is 4.79 Å². The van der Waals surface area contributed by atoms with Crippen LogP contribution in [0.4, 0.5) is 0 Å². The third-order valence-corrected chi connectivity index (χ3v) is 7.08. The molecule has 0 bridgehead atoms. The fourth-order valence-electron chi connectivity index (χ4n) is 4.65. The third-order valence-electron chi connectivity index (χ3n) is 6.07. The predicted molar refractivity (Wildman–Crippen MR) is 110 cm³/mol. The summed E-state index contributed by atoms with van der Waals surface area (Å²) in [5.74, 6) is 2.88. The van der Waals surface area contributed by atoms with Crippen LogP contribution < -0.4 is 4.74 Å². The molecular formula is C21H28N4O2S. The number of ether oxygens (including phenoxy) is 1. The quantitative estimate of drug-likeness (QED) is 0.715. The molecule has 0 unspecified atom stereocenters. The maximum absolute atomic E-state index is 12.9. The first kappa shape index (κ1) is 19.3. The number of carbonyl (C=O) groups is 1. The first-order valence-corrected chi connectivity index (χ1v) is 11.1. The Morgan fingerprint density at radius 2 is 1.96 bits per heavy atom. The van der Waals surface area contributed by atoms with Crippen molar-refractivity contribution in [2.45, 2.75) is 49.7 Å². The van der Waals surface area contributed by atoms with Gasteiger partial charge >= 0.3 is 0 Å². The highest BCUT2D eigenvalue weighted by molar-refractivity contribution is 7.99. The number of para-hydroxylation sites is 1. The van der Waals surface area contributed by atoms with Gasteiger partial charge in [-0.15, -0.1) is 10.2 Å². The fourth-order valence-corrected chi connectivity index (χ4v) is 5.45. The number of thioether (sulfide) groups is 1. The van der Waals surface area contributed by atoms with Crippen LogP contribution >= 0.6 is 11.8 Å². The molecule has 0 N–H and O–H groups in total. The van der Waals surface area contributed by atoms with Crippen molar-refractivity contribution >= 4 is 17.7 Å². The van der Waals surface area contributed by atoms with E-state index >= 15 is 0 Å². The van der Waals surface area contributed by atoms with Gasteiger partial charge in [-0.1, -0.05) is 36.7 Å². The molecule has 7 heteroatoms. The Morgan fingerprint density at radius 3 is 2.82 bits per heavy atom. The molecule has 1 aromatic carbocycles. The molecule has 28 heavy (non-hydrogen) atoms. The van der Waals surface area contributed by atoms with Crippen LogP contribution in [0.2, 0.25) is 0 Å². The Balaban J connectivity index is 1.44. The van der Waals surface area contributed by atoms with Gasteiger partial charge in [-0.25, -0.2) is 0 Å². The van der Waals surface area contributed by atoms with Gasteiger partial charge in [0.1, 0.15) is 5.75 Å². The fraction of sp³-hybridized carbons (Fsp3) is 0.571. The normalized spacial score (nSPS) is 22.0. The number of nitrogens with zero attached hydrogens (tertiary/aromatic N) is 4. The summed E-state index contributed by atoms with van der Waals surface area (Å²) >= 11 is 1.47. The summed E-state index contributed by atoms with van der Waals surface area (Å²) in [5.41, 5.74) is 0.902. The summed E-state index contributed by atoms with van der Waals surface area (Å²) in [6, 6.07) is 8.24. The van der Waals surface area contributed by atoms with Gasteiger partial charge in [0.25, 0.3) is 0 Å². The predicted octanol–water partition coefficient (Wildman–Crippen LogP) is 3.76. The average molecular weight is 401 g/mol. The molecule has 4 rings (SSSR count). The van der Waals surface area contributed by atoms with Gasteiger partial charge in [0.15, 0.2) is 11.0 Å². The zero-order chi connectivity index (χ0) is 19.5. The number of carbonyl (C=O) groups excluding carboxylic acids is 1. The molecule has 6 nitrogen and oxygen atoms in total. The number of benzene rings is 1. The molecule has 2 heterocycles. The third kappa shape index (κ3) is 3.77. The van der Waals surface area contributed by atoms with E-state index in [1.54, 1.807) is 7.11 Å². The number of fused-ring (bicyclic) bond motifs is 1. The molecule has 2 aliphatic rings. The standard InChI is InChI=1S/C21H28N4O2S/c1-24-20(16-10-4-6-12-18(16)27-2)22-23-21(24)28-14-19(26)25-13-7-9-15-8-3-5-11-17(15)25/h4,6,10,12,15,17H,3,5,7-9,11,13-14H2,1-2H3/t15-,17+/m1/s1. The second-order valence-electron chi connectivity index (χ2n) is 7.70. The summed E-state index contributed by atoms with van der Waals surface area (Å²) in [7, 11) is 3.59. The van der Waals surface area contributed by atoms with Crippen LogP contribution in [0.15, 0.2) is 29.4 Å². The Morgan fingerprint density at radius 1 is 1.18 bits per heavy atom. The molecule has 2 aromatic rings. The van der Waals surface area contributed by atoms with E-state index in [-0.39, 0.29) is 5.91 Å². The first-order chi connectivity index (χ1) is 13.7. The van der Waals surface area contributed by atoms with Gasteiger partial charge in [0.2, 0.25) is 5.91 Å². The smallest absolute Gasteiger partial charge is 0.233 e. The molecule has 2 atom stereocenters. The molecular weight excluding hydrogens is 372 g/mol. The lowest BCUT2D eigenvalue weighted by Crippen LogP contribution is -2.50. The van der Waals surface area contributed by atoms with E-state index in [4.69, 9.17) is 4.74 Å². The highest BCUT2D eigenvalue weighted by Crippen LogP contribution is 2.36. The zero-order valence-corrected chi connectivity index (χ0v) is 17.5. The molecule has 1 amide bonds. The van der Waals surface area contributed by atoms with Crippen LogP contribution in [0.1, 0.15) is 38.5 Å². The second kappa shape index (κ2) is 8.55. The highest BCUT2D eigenvalue weighted by Gasteiger charge is 2.35. The monoisotopic (exact) mass is 400 g/mol. The van der Waals surface area contributed by atoms with Crippen LogP contribution in [0.25, 0.3) is 11.4 Å². The minimum Gasteiger partial charge on any atom is -0.496 e. The van der Waals surface area contributed by atoms with Gasteiger partial charge < -0.3 is 14.2 Å². The van der Waals surface area contributed by atoms with Crippen LogP contribution in [0.3, 0.4) is 0 Å². The number of likely N-dealkylation sites (tertiary alicyclic amines) is 1. The summed E-state index contributed by atoms with van der Waals surface area (Å²) < 4.78 is 7.38. The van der Waals surface area contributed by atoms with Gasteiger partial charge in [-0.3, -0.25) is 4.79 Å². The molecule has 1 aliphatic carbocycles. The summed E-state index contributed by atoms with van der Waals surface area (Å²) in [4.78, 5) is 15.1. The number of hydrogen-bond acceptors (Lipinski definition) is 5. The van der Waals surface area contributed by atoms with Crippen molar-refractivity contribution in [3.8, 4) is 17.1 Å². The Bertz CT molecular complexity index is 836. The average Bonchev–Trinajstić information content (AvgIpc) is 3.11.